The first kappa shape index (κ1) is 22.3. The van der Waals surface area contributed by atoms with Crippen LogP contribution in [0.15, 0.2) is 79.4 Å². The summed E-state index contributed by atoms with van der Waals surface area (Å²) in [4.78, 5) is 21.2. The number of nitrogens with zero attached hydrogens (tertiary/aromatic N) is 5. The van der Waals surface area contributed by atoms with E-state index in [-0.39, 0.29) is 11.4 Å². The van der Waals surface area contributed by atoms with Crippen LogP contribution in [0, 0.1) is 0 Å². The SMILES string of the molecule is Cn1nc(C(C)(C)C)cc1NC(=O)Nc1ccc(-c2cnc3cc(-c4ccncc4)ccn23)cc1. The van der Waals surface area contributed by atoms with Gasteiger partial charge in [-0.15, -0.1) is 0 Å². The van der Waals surface area contributed by atoms with Crippen LogP contribution in [0.4, 0.5) is 16.3 Å². The van der Waals surface area contributed by atoms with Gasteiger partial charge in [0, 0.05) is 48.4 Å². The maximum atomic E-state index is 12.5. The Kier molecular flexibility index (Phi) is 5.56. The highest BCUT2D eigenvalue weighted by molar-refractivity contribution is 5.99. The molecule has 8 heteroatoms. The van der Waals surface area contributed by atoms with Crippen molar-refractivity contribution >= 4 is 23.2 Å². The number of urea groups is 1. The van der Waals surface area contributed by atoms with E-state index in [0.29, 0.717) is 11.5 Å². The molecular formula is C27H27N7O. The molecule has 0 radical (unpaired) electrons. The molecule has 5 rings (SSSR count). The number of hydrogen-bond acceptors (Lipinski definition) is 4. The lowest BCUT2D eigenvalue weighted by molar-refractivity contribution is 0.262. The van der Waals surface area contributed by atoms with Crippen LogP contribution in [0.25, 0.3) is 28.0 Å². The summed E-state index contributed by atoms with van der Waals surface area (Å²) >= 11 is 0. The van der Waals surface area contributed by atoms with E-state index in [4.69, 9.17) is 0 Å². The lowest BCUT2D eigenvalue weighted by atomic mass is 9.92. The predicted molar refractivity (Wildman–Crippen MR) is 138 cm³/mol. The predicted octanol–water partition coefficient (Wildman–Crippen LogP) is 5.74. The number of aryl methyl sites for hydroxylation is 1. The van der Waals surface area contributed by atoms with E-state index in [1.165, 1.54) is 0 Å². The highest BCUT2D eigenvalue weighted by atomic mass is 16.2. The molecule has 0 atom stereocenters. The van der Waals surface area contributed by atoms with Crippen molar-refractivity contribution < 1.29 is 4.79 Å². The van der Waals surface area contributed by atoms with Crippen LogP contribution >= 0.6 is 0 Å². The number of aromatic nitrogens is 5. The van der Waals surface area contributed by atoms with Crippen molar-refractivity contribution in [3.05, 3.63) is 85.1 Å². The van der Waals surface area contributed by atoms with Crippen molar-refractivity contribution in [1.82, 2.24) is 24.1 Å². The molecule has 4 heterocycles. The smallest absolute Gasteiger partial charge is 0.308 e. The quantitative estimate of drug-likeness (QED) is 0.354. The number of hydrogen-bond donors (Lipinski definition) is 2. The summed E-state index contributed by atoms with van der Waals surface area (Å²) in [5.74, 6) is 0.640. The van der Waals surface area contributed by atoms with E-state index in [2.05, 4.69) is 63.0 Å². The van der Waals surface area contributed by atoms with Crippen molar-refractivity contribution in [2.24, 2.45) is 7.05 Å². The molecule has 5 aromatic rings. The maximum Gasteiger partial charge on any atom is 0.324 e. The Morgan fingerprint density at radius 2 is 1.63 bits per heavy atom. The van der Waals surface area contributed by atoms with Crippen molar-refractivity contribution in [2.45, 2.75) is 26.2 Å². The minimum absolute atomic E-state index is 0.0948. The average molecular weight is 466 g/mol. The van der Waals surface area contributed by atoms with Crippen LogP contribution in [-0.2, 0) is 12.5 Å². The molecule has 0 spiro atoms. The lowest BCUT2D eigenvalue weighted by Crippen LogP contribution is -2.20. The Labute approximate surface area is 203 Å². The molecule has 0 saturated carbocycles. The molecule has 0 aliphatic heterocycles. The number of amides is 2. The molecule has 0 aliphatic carbocycles. The van der Waals surface area contributed by atoms with Gasteiger partial charge < -0.3 is 5.32 Å². The summed E-state index contributed by atoms with van der Waals surface area (Å²) in [6.45, 7) is 6.26. The van der Waals surface area contributed by atoms with E-state index in [1.807, 2.05) is 61.9 Å². The Bertz CT molecular complexity index is 1490. The van der Waals surface area contributed by atoms with Gasteiger partial charge in [0.05, 0.1) is 17.6 Å². The van der Waals surface area contributed by atoms with Gasteiger partial charge in [-0.1, -0.05) is 32.9 Å². The number of anilines is 2. The fraction of sp³-hybridized carbons (Fsp3) is 0.185. The lowest BCUT2D eigenvalue weighted by Gasteiger charge is -2.13. The first-order valence-electron chi connectivity index (χ1n) is 11.4. The first-order valence-corrected chi connectivity index (χ1v) is 11.4. The Morgan fingerprint density at radius 3 is 2.31 bits per heavy atom. The molecule has 4 aromatic heterocycles. The van der Waals surface area contributed by atoms with Gasteiger partial charge in [-0.05, 0) is 47.5 Å². The van der Waals surface area contributed by atoms with Gasteiger partial charge >= 0.3 is 6.03 Å². The van der Waals surface area contributed by atoms with Gasteiger partial charge in [0.1, 0.15) is 11.5 Å². The summed E-state index contributed by atoms with van der Waals surface area (Å²) < 4.78 is 3.73. The molecule has 176 valence electrons. The van der Waals surface area contributed by atoms with Crippen LogP contribution < -0.4 is 10.6 Å². The Balaban J connectivity index is 1.30. The highest BCUT2D eigenvalue weighted by Crippen LogP contribution is 2.26. The van der Waals surface area contributed by atoms with E-state index in [9.17, 15) is 4.79 Å². The van der Waals surface area contributed by atoms with Gasteiger partial charge in [-0.3, -0.25) is 19.4 Å². The monoisotopic (exact) mass is 465 g/mol. The molecule has 35 heavy (non-hydrogen) atoms. The second kappa shape index (κ2) is 8.72. The number of rotatable bonds is 4. The van der Waals surface area contributed by atoms with E-state index >= 15 is 0 Å². The molecule has 0 saturated heterocycles. The minimum Gasteiger partial charge on any atom is -0.308 e. The van der Waals surface area contributed by atoms with Crippen LogP contribution in [0.2, 0.25) is 0 Å². The summed E-state index contributed by atoms with van der Waals surface area (Å²) in [5.41, 5.74) is 6.54. The Hall–Kier alpha value is -4.46. The van der Waals surface area contributed by atoms with Gasteiger partial charge in [0.25, 0.3) is 0 Å². The third-order valence-corrected chi connectivity index (χ3v) is 5.86. The zero-order valence-electron chi connectivity index (χ0n) is 20.1. The third kappa shape index (κ3) is 4.63. The van der Waals surface area contributed by atoms with Gasteiger partial charge in [-0.25, -0.2) is 9.78 Å². The molecule has 2 amide bonds. The zero-order chi connectivity index (χ0) is 24.6. The van der Waals surface area contributed by atoms with E-state index < -0.39 is 0 Å². The zero-order valence-corrected chi connectivity index (χ0v) is 20.1. The molecular weight excluding hydrogens is 438 g/mol. The molecule has 0 unspecified atom stereocenters. The van der Waals surface area contributed by atoms with Gasteiger partial charge in [0.2, 0.25) is 0 Å². The molecule has 0 fully saturated rings. The summed E-state index contributed by atoms with van der Waals surface area (Å²) in [7, 11) is 1.82. The molecule has 0 bridgehead atoms. The third-order valence-electron chi connectivity index (χ3n) is 5.86. The van der Waals surface area contributed by atoms with Crippen LogP contribution in [0.1, 0.15) is 26.5 Å². The highest BCUT2D eigenvalue weighted by Gasteiger charge is 2.19. The number of carbonyl (C=O) groups excluding carboxylic acids is 1. The van der Waals surface area contributed by atoms with Crippen molar-refractivity contribution in [3.63, 3.8) is 0 Å². The fourth-order valence-electron chi connectivity index (χ4n) is 3.87. The van der Waals surface area contributed by atoms with Crippen molar-refractivity contribution in [1.29, 1.82) is 0 Å². The number of imidazole rings is 1. The minimum atomic E-state index is -0.320. The number of nitrogens with one attached hydrogen (secondary N) is 2. The standard InChI is InChI=1S/C27H27N7O/c1-27(2,3)23-16-25(33(4)32-23)31-26(35)30-21-7-5-19(6-8-21)22-17-29-24-15-20(11-14-34(22)24)18-9-12-28-13-10-18/h5-17H,1-4H3,(H2,30,31,35). The topological polar surface area (TPSA) is 89.1 Å². The van der Waals surface area contributed by atoms with Crippen LogP contribution in [0.3, 0.4) is 0 Å². The maximum absolute atomic E-state index is 12.5. The summed E-state index contributed by atoms with van der Waals surface area (Å²) in [5, 5.41) is 10.2. The number of fused-ring (bicyclic) bond motifs is 1. The van der Waals surface area contributed by atoms with E-state index in [0.717, 1.165) is 33.7 Å². The second-order valence-corrected chi connectivity index (χ2v) is 9.47. The molecule has 0 aliphatic rings. The fourth-order valence-corrected chi connectivity index (χ4v) is 3.87. The van der Waals surface area contributed by atoms with Crippen molar-refractivity contribution in [3.8, 4) is 22.4 Å². The second-order valence-electron chi connectivity index (χ2n) is 9.47. The number of pyridine rings is 2. The van der Waals surface area contributed by atoms with Crippen LogP contribution in [-0.4, -0.2) is 30.2 Å². The summed E-state index contributed by atoms with van der Waals surface area (Å²) in [6, 6.07) is 17.4. The van der Waals surface area contributed by atoms with Crippen molar-refractivity contribution in [2.75, 3.05) is 10.6 Å². The normalized spacial score (nSPS) is 11.5. The molecule has 1 aromatic carbocycles. The first-order chi connectivity index (χ1) is 16.8. The Morgan fingerprint density at radius 1 is 0.886 bits per heavy atom. The number of carbonyl (C=O) groups is 1. The van der Waals surface area contributed by atoms with Gasteiger partial charge in [-0.2, -0.15) is 5.10 Å². The van der Waals surface area contributed by atoms with Crippen LogP contribution in [0.5, 0.6) is 0 Å². The molecule has 8 nitrogen and oxygen atoms in total. The van der Waals surface area contributed by atoms with E-state index in [1.54, 1.807) is 17.1 Å². The average Bonchev–Trinajstić information content (AvgIpc) is 3.43. The number of benzene rings is 1. The van der Waals surface area contributed by atoms with Gasteiger partial charge in [0.15, 0.2) is 0 Å². The largest absolute Gasteiger partial charge is 0.324 e. The summed E-state index contributed by atoms with van der Waals surface area (Å²) in [6.07, 6.45) is 7.45. The molecule has 2 N–H and O–H groups in total.